The molecule has 1 heterocycles. The first kappa shape index (κ1) is 17.4. The summed E-state index contributed by atoms with van der Waals surface area (Å²) in [5, 5.41) is 3.39. The van der Waals surface area contributed by atoms with E-state index in [1.54, 1.807) is 13.0 Å². The molecule has 0 radical (unpaired) electrons. The lowest BCUT2D eigenvalue weighted by Gasteiger charge is -2.13. The molecular formula is C13H21BrN2O3S2. The van der Waals surface area contributed by atoms with Gasteiger partial charge < -0.3 is 10.1 Å². The zero-order chi connectivity index (χ0) is 15.5. The number of halogens is 1. The molecule has 1 saturated carbocycles. The highest BCUT2D eigenvalue weighted by Crippen LogP contribution is 2.32. The van der Waals surface area contributed by atoms with Crippen molar-refractivity contribution in [1.29, 1.82) is 0 Å². The zero-order valence-corrected chi connectivity index (χ0v) is 15.4. The maximum absolute atomic E-state index is 12.4. The summed E-state index contributed by atoms with van der Waals surface area (Å²) >= 11 is 4.82. The molecule has 1 aromatic rings. The van der Waals surface area contributed by atoms with Crippen molar-refractivity contribution >= 4 is 37.3 Å². The van der Waals surface area contributed by atoms with Crippen LogP contribution in [0, 0.1) is 0 Å². The van der Waals surface area contributed by atoms with Gasteiger partial charge in [-0.05, 0) is 48.7 Å². The van der Waals surface area contributed by atoms with Crippen LogP contribution in [0.3, 0.4) is 0 Å². The van der Waals surface area contributed by atoms with E-state index >= 15 is 0 Å². The lowest BCUT2D eigenvalue weighted by Crippen LogP contribution is -2.35. The monoisotopic (exact) mass is 396 g/mol. The van der Waals surface area contributed by atoms with Crippen LogP contribution in [-0.4, -0.2) is 33.7 Å². The summed E-state index contributed by atoms with van der Waals surface area (Å²) in [7, 11) is -3.52. The second-order valence-corrected chi connectivity index (χ2v) is 9.32. The van der Waals surface area contributed by atoms with Crippen molar-refractivity contribution in [2.24, 2.45) is 0 Å². The van der Waals surface area contributed by atoms with Gasteiger partial charge in [0.2, 0.25) is 10.0 Å². The van der Waals surface area contributed by atoms with Gasteiger partial charge in [0.25, 0.3) is 0 Å². The van der Waals surface area contributed by atoms with Crippen molar-refractivity contribution in [2.45, 2.75) is 50.2 Å². The molecule has 120 valence electrons. The van der Waals surface area contributed by atoms with Crippen molar-refractivity contribution in [3.8, 4) is 0 Å². The lowest BCUT2D eigenvalue weighted by atomic mass is 10.4. The summed E-state index contributed by atoms with van der Waals surface area (Å²) in [6.45, 7) is 5.34. The molecule has 2 rings (SSSR count). The molecule has 1 aromatic heterocycles. The molecule has 0 aliphatic heterocycles. The van der Waals surface area contributed by atoms with Gasteiger partial charge in [0.1, 0.15) is 4.90 Å². The van der Waals surface area contributed by atoms with Crippen molar-refractivity contribution < 1.29 is 13.2 Å². The number of hydrogen-bond donors (Lipinski definition) is 2. The van der Waals surface area contributed by atoms with E-state index in [0.717, 1.165) is 11.4 Å². The van der Waals surface area contributed by atoms with Gasteiger partial charge in [0.15, 0.2) is 0 Å². The van der Waals surface area contributed by atoms with Gasteiger partial charge >= 0.3 is 0 Å². The van der Waals surface area contributed by atoms with Gasteiger partial charge in [-0.15, -0.1) is 11.3 Å². The third-order valence-corrected chi connectivity index (χ3v) is 6.91. The largest absolute Gasteiger partial charge is 0.380 e. The maximum Gasteiger partial charge on any atom is 0.242 e. The minimum Gasteiger partial charge on any atom is -0.380 e. The fraction of sp³-hybridized carbons (Fsp3) is 0.692. The first-order chi connectivity index (χ1) is 9.92. The van der Waals surface area contributed by atoms with E-state index in [0.29, 0.717) is 27.9 Å². The first-order valence-corrected chi connectivity index (χ1v) is 10.1. The molecular weight excluding hydrogens is 376 g/mol. The predicted molar refractivity (Wildman–Crippen MR) is 88.2 cm³/mol. The second-order valence-electron chi connectivity index (χ2n) is 5.19. The Morgan fingerprint density at radius 3 is 2.86 bits per heavy atom. The Hall–Kier alpha value is 0.01000. The quantitative estimate of drug-likeness (QED) is 0.672. The summed E-state index contributed by atoms with van der Waals surface area (Å²) in [5.74, 6) is 0. The molecule has 0 bridgehead atoms. The molecule has 1 aliphatic rings. The minimum atomic E-state index is -3.52. The van der Waals surface area contributed by atoms with E-state index < -0.39 is 10.0 Å². The molecule has 1 aliphatic carbocycles. The average Bonchev–Trinajstić information content (AvgIpc) is 3.15. The lowest BCUT2D eigenvalue weighted by molar-refractivity contribution is 0.133. The highest BCUT2D eigenvalue weighted by atomic mass is 79.9. The molecule has 21 heavy (non-hydrogen) atoms. The third kappa shape index (κ3) is 5.30. The summed E-state index contributed by atoms with van der Waals surface area (Å²) in [4.78, 5) is 1.33. The van der Waals surface area contributed by atoms with Crippen LogP contribution in [0.25, 0.3) is 0 Å². The Bertz CT molecular complexity index is 570. The highest BCUT2D eigenvalue weighted by molar-refractivity contribution is 9.11. The van der Waals surface area contributed by atoms with Crippen molar-refractivity contribution in [3.63, 3.8) is 0 Å². The van der Waals surface area contributed by atoms with Gasteiger partial charge in [-0.2, -0.15) is 0 Å². The van der Waals surface area contributed by atoms with Crippen LogP contribution in [0.1, 0.15) is 31.6 Å². The number of sulfonamides is 1. The first-order valence-electron chi connectivity index (χ1n) is 7.04. The molecule has 0 spiro atoms. The van der Waals surface area contributed by atoms with Gasteiger partial charge in [0.05, 0.1) is 10.4 Å². The molecule has 5 nitrogen and oxygen atoms in total. The Kier molecular flexibility index (Phi) is 6.22. The van der Waals surface area contributed by atoms with Gasteiger partial charge in [0, 0.05) is 30.1 Å². The smallest absolute Gasteiger partial charge is 0.242 e. The van der Waals surface area contributed by atoms with E-state index in [1.165, 1.54) is 24.2 Å². The fourth-order valence-corrected chi connectivity index (χ4v) is 5.72. The van der Waals surface area contributed by atoms with E-state index in [4.69, 9.17) is 4.74 Å². The molecule has 0 aromatic carbocycles. The van der Waals surface area contributed by atoms with Crippen molar-refractivity contribution in [1.82, 2.24) is 10.0 Å². The maximum atomic E-state index is 12.4. The standard InChI is InChI=1S/C13H21BrN2O3S2/c1-3-19-8-9(2)16-21(17,18)12-6-11(20-13(12)14)7-15-10-4-5-10/h6,9-10,15-16H,3-5,7-8H2,1-2H3. The summed E-state index contributed by atoms with van der Waals surface area (Å²) < 4.78 is 33.3. The number of rotatable bonds is 9. The second kappa shape index (κ2) is 7.52. The molecule has 1 atom stereocenters. The molecule has 0 amide bonds. The Morgan fingerprint density at radius 1 is 1.52 bits per heavy atom. The number of thiophene rings is 1. The third-order valence-electron chi connectivity index (χ3n) is 3.07. The normalized spacial score (nSPS) is 17.1. The van der Waals surface area contributed by atoms with Crippen molar-refractivity contribution in [3.05, 3.63) is 14.7 Å². The number of hydrogen-bond acceptors (Lipinski definition) is 5. The fourth-order valence-electron chi connectivity index (χ4n) is 1.86. The van der Waals surface area contributed by atoms with Gasteiger partial charge in [-0.1, -0.05) is 0 Å². The van der Waals surface area contributed by atoms with Crippen molar-refractivity contribution in [2.75, 3.05) is 13.2 Å². The zero-order valence-electron chi connectivity index (χ0n) is 12.2. The molecule has 1 unspecified atom stereocenters. The summed E-state index contributed by atoms with van der Waals surface area (Å²) in [6.07, 6.45) is 2.43. The minimum absolute atomic E-state index is 0.255. The number of nitrogens with one attached hydrogen (secondary N) is 2. The Labute approximate surface area is 138 Å². The van der Waals surface area contributed by atoms with Gasteiger partial charge in [-0.25, -0.2) is 13.1 Å². The van der Waals surface area contributed by atoms with E-state index in [-0.39, 0.29) is 6.04 Å². The van der Waals surface area contributed by atoms with Gasteiger partial charge in [-0.3, -0.25) is 0 Å². The molecule has 8 heteroatoms. The summed E-state index contributed by atoms with van der Waals surface area (Å²) in [5.41, 5.74) is 0. The topological polar surface area (TPSA) is 67.4 Å². The molecule has 1 fully saturated rings. The van der Waals surface area contributed by atoms with Crippen LogP contribution >= 0.6 is 27.3 Å². The highest BCUT2D eigenvalue weighted by Gasteiger charge is 2.24. The van der Waals surface area contributed by atoms with Crippen LogP contribution in [0.2, 0.25) is 0 Å². The summed E-state index contributed by atoms with van der Waals surface area (Å²) in [6, 6.07) is 2.09. The predicted octanol–water partition coefficient (Wildman–Crippen LogP) is 2.47. The average molecular weight is 397 g/mol. The SMILES string of the molecule is CCOCC(C)NS(=O)(=O)c1cc(CNC2CC2)sc1Br. The van der Waals surface area contributed by atoms with Crippen LogP contribution < -0.4 is 10.0 Å². The molecule has 2 N–H and O–H groups in total. The Balaban J connectivity index is 2.00. The van der Waals surface area contributed by atoms with Crippen LogP contribution in [0.4, 0.5) is 0 Å². The Morgan fingerprint density at radius 2 is 2.24 bits per heavy atom. The van der Waals surface area contributed by atoms with Crippen LogP contribution in [0.5, 0.6) is 0 Å². The van der Waals surface area contributed by atoms with E-state index in [2.05, 4.69) is 26.0 Å². The van der Waals surface area contributed by atoms with E-state index in [9.17, 15) is 8.42 Å². The molecule has 0 saturated heterocycles. The number of ether oxygens (including phenoxy) is 1. The van der Waals surface area contributed by atoms with E-state index in [1.807, 2.05) is 6.92 Å². The van der Waals surface area contributed by atoms with Crippen LogP contribution in [0.15, 0.2) is 14.7 Å². The van der Waals surface area contributed by atoms with Crippen LogP contribution in [-0.2, 0) is 21.3 Å².